The van der Waals surface area contributed by atoms with Crippen molar-refractivity contribution in [3.05, 3.63) is 53.6 Å². The third-order valence-electron chi connectivity index (χ3n) is 5.17. The van der Waals surface area contributed by atoms with Gasteiger partial charge in [0, 0.05) is 52.2 Å². The van der Waals surface area contributed by atoms with Crippen LogP contribution in [0.2, 0.25) is 0 Å². The molecule has 1 unspecified atom stereocenters. The van der Waals surface area contributed by atoms with Gasteiger partial charge in [-0.3, -0.25) is 9.80 Å². The first kappa shape index (κ1) is 18.1. The van der Waals surface area contributed by atoms with Crippen molar-refractivity contribution in [1.29, 1.82) is 0 Å². The van der Waals surface area contributed by atoms with Crippen molar-refractivity contribution in [1.82, 2.24) is 19.4 Å². The summed E-state index contributed by atoms with van der Waals surface area (Å²) in [7, 11) is 2.04. The van der Waals surface area contributed by atoms with Crippen LogP contribution in [0.5, 0.6) is 0 Å². The second-order valence-electron chi connectivity index (χ2n) is 7.37. The number of imidazole rings is 1. The normalized spacial score (nSPS) is 18.0. The summed E-state index contributed by atoms with van der Waals surface area (Å²) >= 11 is 0. The molecule has 0 amide bonds. The molecule has 0 radical (unpaired) electrons. The van der Waals surface area contributed by atoms with Crippen LogP contribution in [0.15, 0.2) is 36.7 Å². The Morgan fingerprint density at radius 1 is 1.00 bits per heavy atom. The van der Waals surface area contributed by atoms with Crippen molar-refractivity contribution in [3.8, 4) is 0 Å². The van der Waals surface area contributed by atoms with E-state index in [1.165, 1.54) is 5.56 Å². The molecule has 25 heavy (non-hydrogen) atoms. The number of benzene rings is 1. The summed E-state index contributed by atoms with van der Waals surface area (Å²) in [6.45, 7) is 10.0. The molecule has 5 nitrogen and oxygen atoms in total. The second-order valence-corrected chi connectivity index (χ2v) is 7.37. The average molecular weight is 342 g/mol. The highest BCUT2D eigenvalue weighted by atomic mass is 16.3. The summed E-state index contributed by atoms with van der Waals surface area (Å²) in [5.41, 5.74) is 2.33. The lowest BCUT2D eigenvalue weighted by Crippen LogP contribution is -2.47. The van der Waals surface area contributed by atoms with Gasteiger partial charge in [-0.2, -0.15) is 0 Å². The molecular formula is C20H30N4O. The van der Waals surface area contributed by atoms with E-state index in [1.807, 2.05) is 19.4 Å². The molecule has 0 bridgehead atoms. The van der Waals surface area contributed by atoms with Gasteiger partial charge in [-0.05, 0) is 17.0 Å². The number of β-amino-alcohol motifs (C(OH)–C–C–N with tert-alkyl or cyclic N) is 1. The van der Waals surface area contributed by atoms with E-state index >= 15 is 0 Å². The third kappa shape index (κ3) is 4.69. The smallest absolute Gasteiger partial charge is 0.122 e. The average Bonchev–Trinajstić information content (AvgIpc) is 3.01. The van der Waals surface area contributed by atoms with Crippen molar-refractivity contribution in [2.45, 2.75) is 32.4 Å². The van der Waals surface area contributed by atoms with E-state index in [0.717, 1.165) is 44.1 Å². The van der Waals surface area contributed by atoms with Crippen LogP contribution < -0.4 is 0 Å². The van der Waals surface area contributed by atoms with E-state index in [-0.39, 0.29) is 0 Å². The summed E-state index contributed by atoms with van der Waals surface area (Å²) in [4.78, 5) is 9.19. The number of piperazine rings is 1. The van der Waals surface area contributed by atoms with Gasteiger partial charge in [0.1, 0.15) is 5.82 Å². The summed E-state index contributed by atoms with van der Waals surface area (Å²) in [6, 6.07) is 8.40. The van der Waals surface area contributed by atoms with Gasteiger partial charge in [-0.15, -0.1) is 0 Å². The van der Waals surface area contributed by atoms with Crippen molar-refractivity contribution in [2.24, 2.45) is 7.05 Å². The van der Waals surface area contributed by atoms with Crippen molar-refractivity contribution in [2.75, 3.05) is 32.7 Å². The van der Waals surface area contributed by atoms with Crippen LogP contribution in [-0.2, 0) is 13.6 Å². The number of nitrogens with zero attached hydrogens (tertiary/aromatic N) is 4. The van der Waals surface area contributed by atoms with E-state index < -0.39 is 6.10 Å². The Morgan fingerprint density at radius 2 is 1.60 bits per heavy atom. The largest absolute Gasteiger partial charge is 0.387 e. The van der Waals surface area contributed by atoms with Gasteiger partial charge in [0.15, 0.2) is 0 Å². The zero-order valence-corrected chi connectivity index (χ0v) is 15.6. The molecule has 1 aromatic heterocycles. The van der Waals surface area contributed by atoms with E-state index in [4.69, 9.17) is 0 Å². The number of aliphatic hydroxyl groups is 1. The predicted octanol–water partition coefficient (Wildman–Crippen LogP) is 2.39. The maximum absolute atomic E-state index is 10.5. The fourth-order valence-corrected chi connectivity index (χ4v) is 3.33. The first-order valence-corrected chi connectivity index (χ1v) is 9.21. The molecule has 0 aliphatic carbocycles. The number of aliphatic hydroxyl groups excluding tert-OH is 1. The molecule has 2 heterocycles. The summed E-state index contributed by atoms with van der Waals surface area (Å²) in [5.74, 6) is 1.64. The SMILES string of the molecule is CC(C)c1ccc(C(O)CN2CCN(Cc3nccn3C)CC2)cc1. The highest BCUT2D eigenvalue weighted by molar-refractivity contribution is 5.26. The monoisotopic (exact) mass is 342 g/mol. The van der Waals surface area contributed by atoms with Crippen LogP contribution >= 0.6 is 0 Å². The van der Waals surface area contributed by atoms with Gasteiger partial charge in [0.25, 0.3) is 0 Å². The highest BCUT2D eigenvalue weighted by Crippen LogP contribution is 2.20. The standard InChI is InChI=1S/C20H30N4O/c1-16(2)17-4-6-18(7-5-17)19(25)14-23-10-12-24(13-11-23)15-20-21-8-9-22(20)3/h4-9,16,19,25H,10-15H2,1-3H3. The van der Waals surface area contributed by atoms with Crippen LogP contribution in [0.25, 0.3) is 0 Å². The van der Waals surface area contributed by atoms with Gasteiger partial charge < -0.3 is 9.67 Å². The molecule has 1 saturated heterocycles. The third-order valence-corrected chi connectivity index (χ3v) is 5.17. The van der Waals surface area contributed by atoms with Gasteiger partial charge in [0.2, 0.25) is 0 Å². The summed E-state index contributed by atoms with van der Waals surface area (Å²) in [6.07, 6.45) is 3.43. The second kappa shape index (κ2) is 8.13. The van der Waals surface area contributed by atoms with Gasteiger partial charge >= 0.3 is 0 Å². The van der Waals surface area contributed by atoms with Gasteiger partial charge in [-0.25, -0.2) is 4.98 Å². The summed E-state index contributed by atoms with van der Waals surface area (Å²) in [5, 5.41) is 10.5. The zero-order chi connectivity index (χ0) is 17.8. The zero-order valence-electron chi connectivity index (χ0n) is 15.6. The number of hydrogen-bond acceptors (Lipinski definition) is 4. The molecule has 5 heteroatoms. The van der Waals surface area contributed by atoms with Crippen molar-refractivity contribution >= 4 is 0 Å². The molecule has 1 aromatic carbocycles. The van der Waals surface area contributed by atoms with Crippen LogP contribution in [0.1, 0.15) is 42.8 Å². The molecule has 1 N–H and O–H groups in total. The minimum Gasteiger partial charge on any atom is -0.387 e. The highest BCUT2D eigenvalue weighted by Gasteiger charge is 2.20. The Morgan fingerprint density at radius 3 is 2.16 bits per heavy atom. The van der Waals surface area contributed by atoms with Crippen LogP contribution in [0.4, 0.5) is 0 Å². The first-order valence-electron chi connectivity index (χ1n) is 9.21. The minimum absolute atomic E-state index is 0.415. The molecule has 1 atom stereocenters. The van der Waals surface area contributed by atoms with Crippen LogP contribution in [-0.4, -0.2) is 57.2 Å². The lowest BCUT2D eigenvalue weighted by molar-refractivity contribution is 0.0689. The van der Waals surface area contributed by atoms with Gasteiger partial charge in [-0.1, -0.05) is 38.1 Å². The molecule has 0 saturated carbocycles. The van der Waals surface area contributed by atoms with E-state index in [0.29, 0.717) is 12.5 Å². The molecule has 1 aliphatic rings. The first-order chi connectivity index (χ1) is 12.0. The van der Waals surface area contributed by atoms with E-state index in [2.05, 4.69) is 57.5 Å². The lowest BCUT2D eigenvalue weighted by atomic mass is 10.00. The maximum Gasteiger partial charge on any atom is 0.122 e. The minimum atomic E-state index is -0.415. The Hall–Kier alpha value is -1.69. The molecular weight excluding hydrogens is 312 g/mol. The number of hydrogen-bond donors (Lipinski definition) is 1. The Balaban J connectivity index is 1.47. The number of rotatable bonds is 6. The van der Waals surface area contributed by atoms with E-state index in [9.17, 15) is 5.11 Å². The Kier molecular flexibility index (Phi) is 5.89. The Labute approximate surface area is 150 Å². The van der Waals surface area contributed by atoms with Crippen LogP contribution in [0, 0.1) is 0 Å². The predicted molar refractivity (Wildman–Crippen MR) is 100 cm³/mol. The molecule has 1 aliphatic heterocycles. The molecule has 0 spiro atoms. The molecule has 1 fully saturated rings. The topological polar surface area (TPSA) is 44.5 Å². The fourth-order valence-electron chi connectivity index (χ4n) is 3.33. The molecule has 136 valence electrons. The quantitative estimate of drug-likeness (QED) is 0.875. The molecule has 3 rings (SSSR count). The lowest BCUT2D eigenvalue weighted by Gasteiger charge is -2.35. The maximum atomic E-state index is 10.5. The van der Waals surface area contributed by atoms with Gasteiger partial charge in [0.05, 0.1) is 12.6 Å². The van der Waals surface area contributed by atoms with E-state index in [1.54, 1.807) is 0 Å². The molecule has 2 aromatic rings. The number of aryl methyl sites for hydroxylation is 1. The van der Waals surface area contributed by atoms with Crippen molar-refractivity contribution < 1.29 is 5.11 Å². The number of aromatic nitrogens is 2. The summed E-state index contributed by atoms with van der Waals surface area (Å²) < 4.78 is 2.08. The van der Waals surface area contributed by atoms with Crippen LogP contribution in [0.3, 0.4) is 0 Å². The van der Waals surface area contributed by atoms with Crippen molar-refractivity contribution in [3.63, 3.8) is 0 Å². The fraction of sp³-hybridized carbons (Fsp3) is 0.550. The Bertz CT molecular complexity index is 657.